The van der Waals surface area contributed by atoms with Crippen LogP contribution in [0.5, 0.6) is 0 Å². The Morgan fingerprint density at radius 3 is 2.63 bits per heavy atom. The molecule has 0 saturated carbocycles. The fraction of sp³-hybridized carbons (Fsp3) is 0.238. The van der Waals surface area contributed by atoms with Crippen molar-refractivity contribution in [2.45, 2.75) is 18.4 Å². The Hall–Kier alpha value is -3.04. The number of nitrogens with zero attached hydrogens (tertiary/aromatic N) is 3. The first-order valence-electron chi connectivity index (χ1n) is 9.25. The third-order valence-electron chi connectivity index (χ3n) is 4.79. The predicted octanol–water partition coefficient (Wildman–Crippen LogP) is 2.50. The summed E-state index contributed by atoms with van der Waals surface area (Å²) in [4.78, 5) is 18.6. The number of nitrogens with two attached hydrogens (primary N) is 1. The van der Waals surface area contributed by atoms with Crippen LogP contribution in [0.4, 0.5) is 4.39 Å². The van der Waals surface area contributed by atoms with Crippen molar-refractivity contribution >= 4 is 27.6 Å². The molecule has 1 amide bonds. The van der Waals surface area contributed by atoms with E-state index in [0.717, 1.165) is 0 Å². The van der Waals surface area contributed by atoms with Crippen LogP contribution in [0.25, 0.3) is 22.2 Å². The monoisotopic (exact) mass is 430 g/mol. The number of allylic oxidation sites excluding steroid dienone is 1. The van der Waals surface area contributed by atoms with E-state index in [1.54, 1.807) is 49.0 Å². The zero-order valence-electron chi connectivity index (χ0n) is 16.9. The van der Waals surface area contributed by atoms with Crippen molar-refractivity contribution in [1.29, 1.82) is 0 Å². The van der Waals surface area contributed by atoms with E-state index in [2.05, 4.69) is 4.98 Å². The fourth-order valence-corrected chi connectivity index (χ4v) is 3.81. The van der Waals surface area contributed by atoms with Crippen molar-refractivity contribution in [3.05, 3.63) is 59.7 Å². The SMILES string of the molecule is Cc1c(-c2cccc([SH](=O)=O)c2)c2nc(C(=O)N(C)C)ccc2n1C/C(F)=C/CN. The van der Waals surface area contributed by atoms with E-state index < -0.39 is 16.5 Å². The summed E-state index contributed by atoms with van der Waals surface area (Å²) in [6, 6.07) is 9.78. The molecule has 0 atom stereocenters. The molecule has 0 aliphatic rings. The fourth-order valence-electron chi connectivity index (χ4n) is 3.36. The van der Waals surface area contributed by atoms with Crippen LogP contribution >= 0.6 is 0 Å². The Bertz CT molecular complexity index is 1220. The second-order valence-corrected chi connectivity index (χ2v) is 8.04. The highest BCUT2D eigenvalue weighted by molar-refractivity contribution is 7.72. The largest absolute Gasteiger partial charge is 0.343 e. The van der Waals surface area contributed by atoms with Gasteiger partial charge in [-0.3, -0.25) is 4.79 Å². The average molecular weight is 431 g/mol. The van der Waals surface area contributed by atoms with Gasteiger partial charge >= 0.3 is 0 Å². The lowest BCUT2D eigenvalue weighted by molar-refractivity contribution is 0.0822. The van der Waals surface area contributed by atoms with E-state index in [1.807, 2.05) is 6.92 Å². The van der Waals surface area contributed by atoms with E-state index in [1.165, 1.54) is 17.0 Å². The number of thiol groups is 1. The third-order valence-corrected chi connectivity index (χ3v) is 5.49. The summed E-state index contributed by atoms with van der Waals surface area (Å²) in [5.41, 5.74) is 8.77. The Kier molecular flexibility index (Phi) is 6.33. The molecule has 3 aromatic rings. The van der Waals surface area contributed by atoms with Crippen molar-refractivity contribution in [2.24, 2.45) is 5.73 Å². The van der Waals surface area contributed by atoms with Crippen LogP contribution < -0.4 is 5.73 Å². The zero-order chi connectivity index (χ0) is 22.0. The van der Waals surface area contributed by atoms with Gasteiger partial charge in [0.1, 0.15) is 11.5 Å². The molecule has 2 N–H and O–H groups in total. The minimum atomic E-state index is -2.76. The molecule has 0 aliphatic heterocycles. The molecule has 0 saturated heterocycles. The molecular formula is C21H23FN4O3S. The highest BCUT2D eigenvalue weighted by Crippen LogP contribution is 2.35. The van der Waals surface area contributed by atoms with Gasteiger partial charge in [-0.05, 0) is 42.8 Å². The molecular weight excluding hydrogens is 407 g/mol. The van der Waals surface area contributed by atoms with Gasteiger partial charge in [-0.1, -0.05) is 12.1 Å². The second-order valence-electron chi connectivity index (χ2n) is 7.00. The van der Waals surface area contributed by atoms with Crippen LogP contribution in [-0.4, -0.2) is 49.4 Å². The van der Waals surface area contributed by atoms with Gasteiger partial charge in [-0.15, -0.1) is 0 Å². The smallest absolute Gasteiger partial charge is 0.271 e. The predicted molar refractivity (Wildman–Crippen MR) is 115 cm³/mol. The van der Waals surface area contributed by atoms with Crippen LogP contribution in [-0.2, 0) is 17.2 Å². The van der Waals surface area contributed by atoms with Gasteiger partial charge < -0.3 is 15.2 Å². The van der Waals surface area contributed by atoms with Crippen LogP contribution in [0, 0.1) is 6.92 Å². The molecule has 9 heteroatoms. The summed E-state index contributed by atoms with van der Waals surface area (Å²) in [5.74, 6) is -0.660. The maximum Gasteiger partial charge on any atom is 0.271 e. The molecule has 158 valence electrons. The minimum absolute atomic E-state index is 0.0440. The van der Waals surface area contributed by atoms with Gasteiger partial charge in [0, 0.05) is 31.9 Å². The first kappa shape index (κ1) is 21.7. The molecule has 0 spiro atoms. The summed E-state index contributed by atoms with van der Waals surface area (Å²) < 4.78 is 39.0. The molecule has 7 nitrogen and oxygen atoms in total. The Morgan fingerprint density at radius 1 is 1.27 bits per heavy atom. The number of pyridine rings is 1. The maximum atomic E-state index is 14.3. The second kappa shape index (κ2) is 8.76. The summed E-state index contributed by atoms with van der Waals surface area (Å²) >= 11 is 0. The number of benzene rings is 1. The molecule has 3 rings (SSSR count). The molecule has 0 bridgehead atoms. The molecule has 0 aliphatic carbocycles. The van der Waals surface area contributed by atoms with Crippen molar-refractivity contribution in [2.75, 3.05) is 20.6 Å². The van der Waals surface area contributed by atoms with E-state index in [4.69, 9.17) is 5.73 Å². The molecule has 2 aromatic heterocycles. The highest BCUT2D eigenvalue weighted by atomic mass is 32.2. The Morgan fingerprint density at radius 2 is 2.00 bits per heavy atom. The van der Waals surface area contributed by atoms with Crippen molar-refractivity contribution in [1.82, 2.24) is 14.5 Å². The summed E-state index contributed by atoms with van der Waals surface area (Å²) in [7, 11) is 0.500. The average Bonchev–Trinajstić information content (AvgIpc) is 2.98. The number of hydrogen-bond acceptors (Lipinski definition) is 5. The third kappa shape index (κ3) is 4.12. The van der Waals surface area contributed by atoms with Gasteiger partial charge in [0.25, 0.3) is 5.91 Å². The lowest BCUT2D eigenvalue weighted by Crippen LogP contribution is -2.22. The highest BCUT2D eigenvalue weighted by Gasteiger charge is 2.20. The number of rotatable bonds is 6. The normalized spacial score (nSPS) is 12.0. The molecule has 0 radical (unpaired) electrons. The number of carbonyl (C=O) groups excluding carboxylic acids is 1. The van der Waals surface area contributed by atoms with Crippen molar-refractivity contribution in [3.63, 3.8) is 0 Å². The van der Waals surface area contributed by atoms with Gasteiger partial charge in [-0.25, -0.2) is 17.8 Å². The lowest BCUT2D eigenvalue weighted by atomic mass is 10.0. The molecule has 0 unspecified atom stereocenters. The van der Waals surface area contributed by atoms with Gasteiger partial charge in [0.05, 0.1) is 22.5 Å². The molecule has 0 fully saturated rings. The number of hydrogen-bond donors (Lipinski definition) is 2. The molecule has 30 heavy (non-hydrogen) atoms. The summed E-state index contributed by atoms with van der Waals surface area (Å²) in [6.07, 6.45) is 1.30. The van der Waals surface area contributed by atoms with Crippen LogP contribution in [0.2, 0.25) is 0 Å². The lowest BCUT2D eigenvalue weighted by Gasteiger charge is -2.10. The van der Waals surface area contributed by atoms with Crippen LogP contribution in [0.1, 0.15) is 16.2 Å². The topological polar surface area (TPSA) is 98.3 Å². The summed E-state index contributed by atoms with van der Waals surface area (Å²) in [6.45, 7) is 1.84. The van der Waals surface area contributed by atoms with E-state index >= 15 is 0 Å². The van der Waals surface area contributed by atoms with Gasteiger partial charge in [0.2, 0.25) is 0 Å². The van der Waals surface area contributed by atoms with E-state index in [9.17, 15) is 17.6 Å². The number of aromatic nitrogens is 2. The van der Waals surface area contributed by atoms with Crippen LogP contribution in [0.15, 0.2) is 53.2 Å². The number of halogens is 1. The Balaban J connectivity index is 2.31. The van der Waals surface area contributed by atoms with E-state index in [0.29, 0.717) is 27.9 Å². The van der Waals surface area contributed by atoms with Crippen LogP contribution in [0.3, 0.4) is 0 Å². The Labute approximate surface area is 175 Å². The number of carbonyl (C=O) groups is 1. The van der Waals surface area contributed by atoms with Gasteiger partial charge in [-0.2, -0.15) is 0 Å². The standard InChI is InChI=1S/C21H23FN4O3S/c1-13-19(14-5-4-6-16(11-14)30(28)29)20-18(26(13)12-15(22)9-10-23)8-7-17(24-20)21(27)25(2)3/h4-9,11,30H,10,12,23H2,1-3H3/b15-9-. The van der Waals surface area contributed by atoms with Crippen molar-refractivity contribution in [3.8, 4) is 11.1 Å². The first-order valence-corrected chi connectivity index (χ1v) is 10.4. The molecule has 1 aromatic carbocycles. The first-order chi connectivity index (χ1) is 14.2. The minimum Gasteiger partial charge on any atom is -0.343 e. The number of amides is 1. The molecule has 2 heterocycles. The quantitative estimate of drug-likeness (QED) is 0.586. The van der Waals surface area contributed by atoms with E-state index in [-0.39, 0.29) is 29.6 Å². The van der Waals surface area contributed by atoms with Gasteiger partial charge in [0.15, 0.2) is 10.7 Å². The number of fused-ring (bicyclic) bond motifs is 1. The zero-order valence-corrected chi connectivity index (χ0v) is 17.8. The van der Waals surface area contributed by atoms with Crippen molar-refractivity contribution < 1.29 is 17.6 Å². The maximum absolute atomic E-state index is 14.3. The summed E-state index contributed by atoms with van der Waals surface area (Å²) in [5, 5.41) is 0.